The highest BCUT2D eigenvalue weighted by Gasteiger charge is 2.31. The van der Waals surface area contributed by atoms with Crippen LogP contribution in [0.1, 0.15) is 37.5 Å². The molecule has 0 aliphatic heterocycles. The predicted molar refractivity (Wildman–Crippen MR) is 141 cm³/mol. The van der Waals surface area contributed by atoms with E-state index >= 15 is 0 Å². The van der Waals surface area contributed by atoms with Crippen molar-refractivity contribution in [1.82, 2.24) is 9.72 Å². The van der Waals surface area contributed by atoms with E-state index in [1.54, 1.807) is 25.1 Å². The largest absolute Gasteiger partial charge is 0.493 e. The SMILES string of the molecule is COc1cc(NC(=O)CC2CCC(n3c(=O)c4c(C)onc4c4c(Cl)cccc43)C2)cc(OC)c1OC. The number of carbonyl (C=O) groups excluding carboxylic acids is 1. The first kappa shape index (κ1) is 25.0. The monoisotopic (exact) mass is 525 g/mol. The third kappa shape index (κ3) is 4.37. The van der Waals surface area contributed by atoms with E-state index in [0.29, 0.717) is 62.8 Å². The minimum atomic E-state index is -0.143. The number of pyridine rings is 1. The van der Waals surface area contributed by atoms with E-state index in [-0.39, 0.29) is 23.4 Å². The summed E-state index contributed by atoms with van der Waals surface area (Å²) in [5, 5.41) is 8.73. The molecule has 9 nitrogen and oxygen atoms in total. The van der Waals surface area contributed by atoms with E-state index in [2.05, 4.69) is 10.5 Å². The summed E-state index contributed by atoms with van der Waals surface area (Å²) in [6, 6.07) is 8.83. The standard InChI is InChI=1S/C27H28ClN3O6/c1-14-23-25(30-37-14)24-18(28)6-5-7-19(24)31(27(23)33)17-9-8-15(10-17)11-22(32)29-16-12-20(34-2)26(36-4)21(13-16)35-3/h5-7,12-13,15,17H,8-11H2,1-4H3,(H,29,32). The summed E-state index contributed by atoms with van der Waals surface area (Å²) in [4.78, 5) is 26.5. The molecule has 0 bridgehead atoms. The fourth-order valence-corrected chi connectivity index (χ4v) is 5.69. The van der Waals surface area contributed by atoms with Gasteiger partial charge >= 0.3 is 0 Å². The van der Waals surface area contributed by atoms with Crippen molar-refractivity contribution in [3.05, 3.63) is 51.5 Å². The molecule has 10 heteroatoms. The van der Waals surface area contributed by atoms with E-state index in [1.807, 2.05) is 16.7 Å². The zero-order valence-electron chi connectivity index (χ0n) is 21.1. The molecule has 1 aliphatic carbocycles. The first-order chi connectivity index (χ1) is 17.9. The van der Waals surface area contributed by atoms with Crippen LogP contribution in [0.4, 0.5) is 5.69 Å². The third-order valence-corrected chi connectivity index (χ3v) is 7.40. The van der Waals surface area contributed by atoms with Crippen molar-refractivity contribution in [2.75, 3.05) is 26.6 Å². The smallest absolute Gasteiger partial charge is 0.264 e. The molecule has 5 rings (SSSR count). The Labute approximate surface area is 218 Å². The fraction of sp³-hybridized carbons (Fsp3) is 0.370. The molecule has 1 N–H and O–H groups in total. The van der Waals surface area contributed by atoms with Crippen LogP contribution in [0, 0.1) is 12.8 Å². The first-order valence-corrected chi connectivity index (χ1v) is 12.4. The number of benzene rings is 2. The van der Waals surface area contributed by atoms with Gasteiger partial charge in [-0.25, -0.2) is 0 Å². The molecular formula is C27H28ClN3O6. The molecule has 194 valence electrons. The number of amides is 1. The van der Waals surface area contributed by atoms with Gasteiger partial charge in [-0.2, -0.15) is 0 Å². The highest BCUT2D eigenvalue weighted by Crippen LogP contribution is 2.41. The van der Waals surface area contributed by atoms with Gasteiger partial charge in [-0.1, -0.05) is 22.8 Å². The molecule has 1 aliphatic rings. The molecule has 1 fully saturated rings. The first-order valence-electron chi connectivity index (χ1n) is 12.0. The number of hydrogen-bond donors (Lipinski definition) is 1. The lowest BCUT2D eigenvalue weighted by atomic mass is 10.0. The summed E-state index contributed by atoms with van der Waals surface area (Å²) < 4.78 is 23.3. The van der Waals surface area contributed by atoms with Crippen LogP contribution in [0.3, 0.4) is 0 Å². The molecule has 0 spiro atoms. The van der Waals surface area contributed by atoms with Gasteiger partial charge in [0.2, 0.25) is 11.7 Å². The summed E-state index contributed by atoms with van der Waals surface area (Å²) in [6.07, 6.45) is 2.62. The second-order valence-corrected chi connectivity index (χ2v) is 9.68. The molecule has 37 heavy (non-hydrogen) atoms. The van der Waals surface area contributed by atoms with E-state index in [0.717, 1.165) is 18.4 Å². The summed E-state index contributed by atoms with van der Waals surface area (Å²) in [5.41, 5.74) is 1.62. The van der Waals surface area contributed by atoms with Crippen LogP contribution in [0.2, 0.25) is 5.02 Å². The van der Waals surface area contributed by atoms with Gasteiger partial charge in [-0.3, -0.25) is 9.59 Å². The fourth-order valence-electron chi connectivity index (χ4n) is 5.43. The Bertz CT molecular complexity index is 1530. The Balaban J connectivity index is 1.38. The molecule has 2 unspecified atom stereocenters. The molecule has 2 aromatic carbocycles. The van der Waals surface area contributed by atoms with Crippen molar-refractivity contribution in [3.8, 4) is 17.2 Å². The van der Waals surface area contributed by atoms with Gasteiger partial charge in [0.1, 0.15) is 16.7 Å². The van der Waals surface area contributed by atoms with E-state index in [4.69, 9.17) is 30.3 Å². The van der Waals surface area contributed by atoms with Crippen molar-refractivity contribution < 1.29 is 23.5 Å². The zero-order valence-corrected chi connectivity index (χ0v) is 21.8. The number of carbonyl (C=O) groups is 1. The number of halogens is 1. The molecule has 1 amide bonds. The lowest BCUT2D eigenvalue weighted by molar-refractivity contribution is -0.117. The van der Waals surface area contributed by atoms with Gasteiger partial charge < -0.3 is 28.6 Å². The van der Waals surface area contributed by atoms with Gasteiger partial charge in [-0.15, -0.1) is 0 Å². The number of nitrogens with one attached hydrogen (secondary N) is 1. The Morgan fingerprint density at radius 2 is 1.86 bits per heavy atom. The van der Waals surface area contributed by atoms with E-state index < -0.39 is 0 Å². The Hall–Kier alpha value is -3.72. The Morgan fingerprint density at radius 3 is 2.54 bits per heavy atom. The van der Waals surface area contributed by atoms with Gasteiger partial charge in [0.15, 0.2) is 11.5 Å². The van der Waals surface area contributed by atoms with Gasteiger partial charge in [-0.05, 0) is 44.2 Å². The number of aryl methyl sites for hydroxylation is 1. The maximum absolute atomic E-state index is 13.6. The van der Waals surface area contributed by atoms with Crippen molar-refractivity contribution in [2.24, 2.45) is 5.92 Å². The molecule has 0 radical (unpaired) electrons. The van der Waals surface area contributed by atoms with Crippen molar-refractivity contribution in [3.63, 3.8) is 0 Å². The minimum Gasteiger partial charge on any atom is -0.493 e. The van der Waals surface area contributed by atoms with E-state index in [1.165, 1.54) is 21.3 Å². The number of fused-ring (bicyclic) bond motifs is 3. The molecule has 1 saturated carbocycles. The molecule has 2 heterocycles. The maximum Gasteiger partial charge on any atom is 0.264 e. The summed E-state index contributed by atoms with van der Waals surface area (Å²) in [7, 11) is 4.58. The van der Waals surface area contributed by atoms with Crippen LogP contribution in [0.25, 0.3) is 21.8 Å². The number of ether oxygens (including phenoxy) is 3. The lowest BCUT2D eigenvalue weighted by Gasteiger charge is -2.19. The number of aromatic nitrogens is 2. The number of hydrogen-bond acceptors (Lipinski definition) is 7. The van der Waals surface area contributed by atoms with Crippen molar-refractivity contribution in [1.29, 1.82) is 0 Å². The number of anilines is 1. The second kappa shape index (κ2) is 9.97. The third-order valence-electron chi connectivity index (χ3n) is 7.08. The summed E-state index contributed by atoms with van der Waals surface area (Å²) in [5.74, 6) is 1.84. The zero-order chi connectivity index (χ0) is 26.3. The minimum absolute atomic E-state index is 0.0638. The van der Waals surface area contributed by atoms with Crippen molar-refractivity contribution >= 4 is 45.0 Å². The normalized spacial score (nSPS) is 17.3. The van der Waals surface area contributed by atoms with Crippen LogP contribution < -0.4 is 25.1 Å². The molecular weight excluding hydrogens is 498 g/mol. The van der Waals surface area contributed by atoms with Crippen LogP contribution in [0.15, 0.2) is 39.6 Å². The van der Waals surface area contributed by atoms with E-state index in [9.17, 15) is 9.59 Å². The highest BCUT2D eigenvalue weighted by atomic mass is 35.5. The maximum atomic E-state index is 13.6. The second-order valence-electron chi connectivity index (χ2n) is 9.27. The quantitative estimate of drug-likeness (QED) is 0.339. The topological polar surface area (TPSA) is 105 Å². The Morgan fingerprint density at radius 1 is 1.14 bits per heavy atom. The molecule has 2 aromatic heterocycles. The average molecular weight is 526 g/mol. The van der Waals surface area contributed by atoms with Gasteiger partial charge in [0.05, 0.1) is 31.9 Å². The van der Waals surface area contributed by atoms with Gasteiger partial charge in [0, 0.05) is 35.7 Å². The summed E-state index contributed by atoms with van der Waals surface area (Å²) in [6.45, 7) is 1.73. The molecule has 2 atom stereocenters. The highest BCUT2D eigenvalue weighted by molar-refractivity contribution is 6.37. The van der Waals surface area contributed by atoms with Gasteiger partial charge in [0.25, 0.3) is 5.56 Å². The number of rotatable bonds is 7. The molecule has 4 aromatic rings. The predicted octanol–water partition coefficient (Wildman–Crippen LogP) is 5.50. The lowest BCUT2D eigenvalue weighted by Crippen LogP contribution is -2.25. The van der Waals surface area contributed by atoms with Crippen LogP contribution >= 0.6 is 11.6 Å². The Kier molecular flexibility index (Phi) is 6.72. The number of nitrogens with zero attached hydrogens (tertiary/aromatic N) is 2. The van der Waals surface area contributed by atoms with Crippen LogP contribution in [0.5, 0.6) is 17.2 Å². The van der Waals surface area contributed by atoms with Crippen molar-refractivity contribution in [2.45, 2.75) is 38.6 Å². The van der Waals surface area contributed by atoms with Crippen LogP contribution in [-0.2, 0) is 4.79 Å². The average Bonchev–Trinajstić information content (AvgIpc) is 3.50. The summed E-state index contributed by atoms with van der Waals surface area (Å²) >= 11 is 6.54. The molecule has 0 saturated heterocycles. The number of methoxy groups -OCH3 is 3. The van der Waals surface area contributed by atoms with Crippen LogP contribution in [-0.4, -0.2) is 37.0 Å².